The van der Waals surface area contributed by atoms with E-state index in [1.165, 1.54) is 0 Å². The molecule has 1 aliphatic heterocycles. The molecule has 0 atom stereocenters. The normalized spacial score (nSPS) is 12.2. The van der Waals surface area contributed by atoms with Crippen molar-refractivity contribution in [1.82, 2.24) is 14.5 Å². The Morgan fingerprint density at radius 3 is 2.62 bits per heavy atom. The number of nitrogens with two attached hydrogens (primary N) is 1. The molecule has 2 heterocycles. The summed E-state index contributed by atoms with van der Waals surface area (Å²) in [6.45, 7) is 2.79. The number of nitrogens with one attached hydrogen (secondary N) is 2. The van der Waals surface area contributed by atoms with Crippen LogP contribution in [0.3, 0.4) is 0 Å². The molecule has 1 aliphatic rings. The number of benzene rings is 1. The Hall–Kier alpha value is -2.38. The number of hydrogen-bond acceptors (Lipinski definition) is 5. The van der Waals surface area contributed by atoms with E-state index in [1.54, 1.807) is 0 Å². The van der Waals surface area contributed by atoms with Crippen molar-refractivity contribution in [3.63, 3.8) is 0 Å². The van der Waals surface area contributed by atoms with Gasteiger partial charge in [0.05, 0.1) is 38.4 Å². The summed E-state index contributed by atoms with van der Waals surface area (Å²) in [6.07, 6.45) is 13.1. The van der Waals surface area contributed by atoms with Crippen molar-refractivity contribution < 1.29 is 29.4 Å². The Morgan fingerprint density at radius 2 is 1.93 bits per heavy atom. The van der Waals surface area contributed by atoms with Gasteiger partial charge in [0, 0.05) is 25.2 Å². The Bertz CT molecular complexity index is 817. The predicted molar refractivity (Wildman–Crippen MR) is 111 cm³/mol. The van der Waals surface area contributed by atoms with E-state index < -0.39 is 0 Å². The largest absolute Gasteiger partial charge is 1.00 e. The van der Waals surface area contributed by atoms with Crippen molar-refractivity contribution in [3.8, 4) is 0 Å². The monoisotopic (exact) mass is 438 g/mol. The van der Waals surface area contributed by atoms with E-state index in [9.17, 15) is 0 Å². The van der Waals surface area contributed by atoms with E-state index in [0.717, 1.165) is 61.8 Å². The van der Waals surface area contributed by atoms with Crippen molar-refractivity contribution in [1.29, 1.82) is 0 Å². The summed E-state index contributed by atoms with van der Waals surface area (Å²) in [5.41, 5.74) is 8.96. The summed E-state index contributed by atoms with van der Waals surface area (Å²) in [7, 11) is 4.06. The zero-order chi connectivity index (χ0) is 19.1. The lowest BCUT2D eigenvalue weighted by molar-refractivity contribution is -0.671. The number of imidazole rings is 1. The van der Waals surface area contributed by atoms with Gasteiger partial charge in [-0.25, -0.2) is 14.0 Å². The van der Waals surface area contributed by atoms with Crippen molar-refractivity contribution in [2.75, 3.05) is 36.5 Å². The van der Waals surface area contributed by atoms with Crippen molar-refractivity contribution in [3.05, 3.63) is 49.3 Å². The molecule has 0 saturated carbocycles. The average molecular weight is 439 g/mol. The molecule has 29 heavy (non-hydrogen) atoms. The summed E-state index contributed by atoms with van der Waals surface area (Å²) < 4.78 is 4.25. The van der Waals surface area contributed by atoms with E-state index in [-0.39, 0.29) is 24.8 Å². The summed E-state index contributed by atoms with van der Waals surface area (Å²) in [6, 6.07) is 6.07. The second-order valence-corrected chi connectivity index (χ2v) is 6.88. The van der Waals surface area contributed by atoms with E-state index >= 15 is 0 Å². The van der Waals surface area contributed by atoms with Gasteiger partial charge in [0.15, 0.2) is 6.20 Å². The maximum atomic E-state index is 6.11. The van der Waals surface area contributed by atoms with Crippen LogP contribution in [0.1, 0.15) is 19.3 Å². The quantitative estimate of drug-likeness (QED) is 0.199. The number of amidine groups is 1. The fourth-order valence-electron chi connectivity index (χ4n) is 3.05. The SMILES string of the molecule is CN1C=C[N+]=C1CCCNc1cc(NCCCn2cc[n+](C)c2)ccc1N.[Cl-].[Cl-]. The van der Waals surface area contributed by atoms with E-state index in [2.05, 4.69) is 54.4 Å². The maximum Gasteiger partial charge on any atom is 0.298 e. The van der Waals surface area contributed by atoms with Gasteiger partial charge in [-0.2, -0.15) is 0 Å². The highest BCUT2D eigenvalue weighted by atomic mass is 35.5. The van der Waals surface area contributed by atoms with Crippen LogP contribution in [0.2, 0.25) is 0 Å². The van der Waals surface area contributed by atoms with Crippen LogP contribution in [0.15, 0.2) is 49.3 Å². The first kappa shape index (κ1) is 24.7. The van der Waals surface area contributed by atoms with E-state index in [4.69, 9.17) is 5.73 Å². The zero-order valence-corrected chi connectivity index (χ0v) is 18.5. The highest BCUT2D eigenvalue weighted by Gasteiger charge is 2.17. The van der Waals surface area contributed by atoms with Gasteiger partial charge in [0.25, 0.3) is 5.84 Å². The van der Waals surface area contributed by atoms with Crippen LogP contribution < -0.4 is 50.7 Å². The number of aliphatic imine (C=N–C) groups is 1. The lowest BCUT2D eigenvalue weighted by Gasteiger charge is -2.12. The first-order chi connectivity index (χ1) is 13.1. The van der Waals surface area contributed by atoms with Crippen LogP contribution in [-0.2, 0) is 13.6 Å². The Balaban J connectivity index is 0.00000210. The fraction of sp³-hybridized carbons (Fsp3) is 0.400. The lowest BCUT2D eigenvalue weighted by Crippen LogP contribution is -3.00. The number of nitrogen functional groups attached to an aromatic ring is 1. The summed E-state index contributed by atoms with van der Waals surface area (Å²) >= 11 is 0. The second-order valence-electron chi connectivity index (χ2n) is 6.88. The summed E-state index contributed by atoms with van der Waals surface area (Å²) in [5.74, 6) is 1.11. The van der Waals surface area contributed by atoms with Gasteiger partial charge in [0.2, 0.25) is 6.33 Å². The molecule has 3 rings (SSSR count). The number of nitrogens with zero attached hydrogens (tertiary/aromatic N) is 4. The zero-order valence-electron chi connectivity index (χ0n) is 17.0. The molecule has 0 amide bonds. The lowest BCUT2D eigenvalue weighted by atomic mass is 10.2. The number of aromatic nitrogens is 2. The molecular formula is C20H30Cl2N7. The molecule has 0 spiro atoms. The van der Waals surface area contributed by atoms with Crippen LogP contribution in [0.4, 0.5) is 17.1 Å². The highest BCUT2D eigenvalue weighted by Crippen LogP contribution is 2.23. The smallest absolute Gasteiger partial charge is 0.298 e. The van der Waals surface area contributed by atoms with Gasteiger partial charge in [0.1, 0.15) is 18.6 Å². The molecule has 1 radical (unpaired) electrons. The Kier molecular flexibility index (Phi) is 10.4. The molecular weight excluding hydrogens is 409 g/mol. The first-order valence-electron chi connectivity index (χ1n) is 9.46. The minimum atomic E-state index is 0. The number of halogens is 2. The predicted octanol–water partition coefficient (Wildman–Crippen LogP) is -4.25. The van der Waals surface area contributed by atoms with Crippen molar-refractivity contribution in [2.24, 2.45) is 7.05 Å². The van der Waals surface area contributed by atoms with Gasteiger partial charge < -0.3 is 41.2 Å². The summed E-state index contributed by atoms with van der Waals surface area (Å²) in [5, 5.41) is 6.93. The van der Waals surface area contributed by atoms with Crippen molar-refractivity contribution in [2.45, 2.75) is 25.8 Å². The molecule has 159 valence electrons. The van der Waals surface area contributed by atoms with Crippen molar-refractivity contribution >= 4 is 22.9 Å². The molecule has 0 bridgehead atoms. The molecule has 2 aromatic rings. The van der Waals surface area contributed by atoms with E-state index in [0.29, 0.717) is 0 Å². The van der Waals surface area contributed by atoms with Gasteiger partial charge in [-0.3, -0.25) is 0 Å². The molecule has 7 nitrogen and oxygen atoms in total. The molecule has 0 aliphatic carbocycles. The Morgan fingerprint density at radius 1 is 1.14 bits per heavy atom. The van der Waals surface area contributed by atoms with Gasteiger partial charge >= 0.3 is 0 Å². The molecule has 9 heteroatoms. The molecule has 0 unspecified atom stereocenters. The third-order valence-electron chi connectivity index (χ3n) is 4.61. The minimum absolute atomic E-state index is 0. The van der Waals surface area contributed by atoms with Gasteiger partial charge in [-0.1, -0.05) is 4.99 Å². The van der Waals surface area contributed by atoms with Gasteiger partial charge in [-0.15, -0.1) is 0 Å². The van der Waals surface area contributed by atoms with Crippen LogP contribution in [-0.4, -0.2) is 35.4 Å². The average Bonchev–Trinajstić information content (AvgIpc) is 3.26. The number of hydrogen-bond donors (Lipinski definition) is 3. The third kappa shape index (κ3) is 7.51. The number of rotatable bonds is 10. The highest BCUT2D eigenvalue weighted by molar-refractivity contribution is 5.83. The van der Waals surface area contributed by atoms with Crippen LogP contribution in [0, 0.1) is 0 Å². The van der Waals surface area contributed by atoms with Gasteiger partial charge in [-0.05, 0) is 24.6 Å². The Labute approximate surface area is 185 Å². The molecule has 1 aromatic carbocycles. The maximum absolute atomic E-state index is 6.11. The molecule has 1 aromatic heterocycles. The number of aryl methyl sites for hydroxylation is 2. The second kappa shape index (κ2) is 12.2. The molecule has 0 fully saturated rings. The topological polar surface area (TPSA) is 76.2 Å². The standard InChI is InChI=1S/C20H30N7.2ClH/c1-25-13-14-27(16-25)11-4-9-22-17-6-7-18(21)19(15-17)23-8-3-5-20-24-10-12-26(20)2;;/h6-7,10,12-16,22-23H,3-5,8-9,11,21H2,1-2H3;2*1H/q+2;;/p-2. The van der Waals surface area contributed by atoms with Crippen LogP contribution in [0.25, 0.3) is 0 Å². The first-order valence-corrected chi connectivity index (χ1v) is 9.46. The minimum Gasteiger partial charge on any atom is -1.00 e. The number of anilines is 3. The van der Waals surface area contributed by atoms with E-state index in [1.807, 2.05) is 38.6 Å². The third-order valence-corrected chi connectivity index (χ3v) is 4.61. The summed E-state index contributed by atoms with van der Waals surface area (Å²) in [4.78, 5) is 6.42. The molecule has 0 saturated heterocycles. The van der Waals surface area contributed by atoms with Crippen LogP contribution >= 0.6 is 0 Å². The molecule has 4 N–H and O–H groups in total. The fourth-order valence-corrected chi connectivity index (χ4v) is 3.05. The van der Waals surface area contributed by atoms with Crippen LogP contribution in [0.5, 0.6) is 0 Å².